The van der Waals surface area contributed by atoms with Crippen molar-refractivity contribution in [3.63, 3.8) is 0 Å². The number of nitrogens with one attached hydrogen (secondary N) is 1. The molecule has 1 saturated heterocycles. The third-order valence-electron chi connectivity index (χ3n) is 3.61. The van der Waals surface area contributed by atoms with Crippen LogP contribution in [0.1, 0.15) is 25.8 Å². The van der Waals surface area contributed by atoms with Crippen LogP contribution in [0, 0.1) is 5.82 Å². The van der Waals surface area contributed by atoms with E-state index in [4.69, 9.17) is 11.6 Å². The Morgan fingerprint density at radius 1 is 1.45 bits per heavy atom. The van der Waals surface area contributed by atoms with E-state index in [1.807, 2.05) is 6.92 Å². The van der Waals surface area contributed by atoms with Crippen LogP contribution in [0.2, 0.25) is 5.02 Å². The molecule has 1 aliphatic heterocycles. The number of rotatable bonds is 3. The standard InChI is InChI=1S/C14H16ClFN2O2/c1-3-14(2)13(20)18(8-11(19)17-14)7-9-5-4-6-10(15)12(9)16/h4-6H,3,7-8H2,1-2H3,(H,17,19). The second kappa shape index (κ2) is 5.40. The Bertz CT molecular complexity index is 564. The van der Waals surface area contributed by atoms with Gasteiger partial charge in [0, 0.05) is 12.1 Å². The summed E-state index contributed by atoms with van der Waals surface area (Å²) >= 11 is 5.72. The normalized spacial score (nSPS) is 22.9. The van der Waals surface area contributed by atoms with Crippen molar-refractivity contribution in [3.8, 4) is 0 Å². The van der Waals surface area contributed by atoms with Gasteiger partial charge >= 0.3 is 0 Å². The minimum absolute atomic E-state index is 0.00895. The Labute approximate surface area is 121 Å². The Morgan fingerprint density at radius 2 is 2.15 bits per heavy atom. The molecule has 1 aromatic carbocycles. The first-order chi connectivity index (χ1) is 9.37. The van der Waals surface area contributed by atoms with E-state index in [0.29, 0.717) is 12.0 Å². The second-order valence-corrected chi connectivity index (χ2v) is 5.52. The van der Waals surface area contributed by atoms with Gasteiger partial charge in [-0.1, -0.05) is 30.7 Å². The van der Waals surface area contributed by atoms with E-state index in [-0.39, 0.29) is 29.9 Å². The Kier molecular flexibility index (Phi) is 3.99. The summed E-state index contributed by atoms with van der Waals surface area (Å²) in [5.74, 6) is -0.999. The summed E-state index contributed by atoms with van der Waals surface area (Å²) in [5.41, 5.74) is -0.622. The lowest BCUT2D eigenvalue weighted by Crippen LogP contribution is -2.64. The van der Waals surface area contributed by atoms with Crippen molar-refractivity contribution in [1.82, 2.24) is 10.2 Å². The molecule has 0 spiro atoms. The lowest BCUT2D eigenvalue weighted by Gasteiger charge is -2.39. The number of benzene rings is 1. The van der Waals surface area contributed by atoms with Crippen molar-refractivity contribution in [2.24, 2.45) is 0 Å². The fourth-order valence-electron chi connectivity index (χ4n) is 2.24. The van der Waals surface area contributed by atoms with Gasteiger partial charge in [-0.05, 0) is 19.4 Å². The minimum atomic E-state index is -0.926. The molecule has 2 rings (SSSR count). The monoisotopic (exact) mass is 298 g/mol. The first-order valence-electron chi connectivity index (χ1n) is 6.40. The Balaban J connectivity index is 2.26. The maximum Gasteiger partial charge on any atom is 0.248 e. The van der Waals surface area contributed by atoms with Crippen LogP contribution in [0.3, 0.4) is 0 Å². The largest absolute Gasteiger partial charge is 0.340 e. The number of nitrogens with zero attached hydrogens (tertiary/aromatic N) is 1. The average Bonchev–Trinajstić information content (AvgIpc) is 2.40. The van der Waals surface area contributed by atoms with E-state index in [1.165, 1.54) is 11.0 Å². The first-order valence-corrected chi connectivity index (χ1v) is 6.78. The van der Waals surface area contributed by atoms with Crippen LogP contribution in [-0.2, 0) is 16.1 Å². The lowest BCUT2D eigenvalue weighted by atomic mass is 9.94. The van der Waals surface area contributed by atoms with Gasteiger partial charge in [-0.25, -0.2) is 4.39 Å². The number of halogens is 2. The molecular formula is C14H16ClFN2O2. The smallest absolute Gasteiger partial charge is 0.248 e. The molecule has 1 aromatic rings. The molecule has 1 atom stereocenters. The van der Waals surface area contributed by atoms with Crippen LogP contribution >= 0.6 is 11.6 Å². The second-order valence-electron chi connectivity index (χ2n) is 5.11. The SMILES string of the molecule is CCC1(C)NC(=O)CN(Cc2cccc(Cl)c2F)C1=O. The zero-order valence-corrected chi connectivity index (χ0v) is 12.1. The maximum atomic E-state index is 13.9. The number of hydrogen-bond acceptors (Lipinski definition) is 2. The summed E-state index contributed by atoms with van der Waals surface area (Å²) in [4.78, 5) is 25.4. The van der Waals surface area contributed by atoms with Crippen molar-refractivity contribution in [3.05, 3.63) is 34.6 Å². The molecule has 0 aliphatic carbocycles. The number of carbonyl (C=O) groups excluding carboxylic acids is 2. The molecular weight excluding hydrogens is 283 g/mol. The highest BCUT2D eigenvalue weighted by atomic mass is 35.5. The molecule has 2 amide bonds. The number of hydrogen-bond donors (Lipinski definition) is 1. The van der Waals surface area contributed by atoms with E-state index < -0.39 is 11.4 Å². The molecule has 0 radical (unpaired) electrons. The summed E-state index contributed by atoms with van der Waals surface area (Å²) in [6.45, 7) is 3.46. The number of carbonyl (C=O) groups is 2. The molecule has 0 bridgehead atoms. The van der Waals surface area contributed by atoms with E-state index in [9.17, 15) is 14.0 Å². The van der Waals surface area contributed by atoms with Crippen molar-refractivity contribution >= 4 is 23.4 Å². The zero-order valence-electron chi connectivity index (χ0n) is 11.4. The summed E-state index contributed by atoms with van der Waals surface area (Å²) in [6.07, 6.45) is 0.478. The molecule has 1 unspecified atom stereocenters. The van der Waals surface area contributed by atoms with Gasteiger partial charge < -0.3 is 10.2 Å². The molecule has 20 heavy (non-hydrogen) atoms. The highest BCUT2D eigenvalue weighted by Gasteiger charge is 2.41. The third-order valence-corrected chi connectivity index (χ3v) is 3.90. The van der Waals surface area contributed by atoms with Crippen LogP contribution in [0.5, 0.6) is 0 Å². The average molecular weight is 299 g/mol. The summed E-state index contributed by atoms with van der Waals surface area (Å²) in [6, 6.07) is 4.62. The highest BCUT2D eigenvalue weighted by Crippen LogP contribution is 2.23. The zero-order chi connectivity index (χ0) is 14.9. The van der Waals surface area contributed by atoms with Gasteiger partial charge in [0.25, 0.3) is 0 Å². The first kappa shape index (κ1) is 14.8. The van der Waals surface area contributed by atoms with Gasteiger partial charge in [0.2, 0.25) is 11.8 Å². The molecule has 108 valence electrons. The lowest BCUT2D eigenvalue weighted by molar-refractivity contribution is -0.149. The highest BCUT2D eigenvalue weighted by molar-refractivity contribution is 6.30. The van der Waals surface area contributed by atoms with Gasteiger partial charge in [0.05, 0.1) is 11.6 Å². The van der Waals surface area contributed by atoms with Crippen LogP contribution in [0.25, 0.3) is 0 Å². The predicted octanol–water partition coefficient (Wildman–Crippen LogP) is 2.11. The van der Waals surface area contributed by atoms with Crippen molar-refractivity contribution in [1.29, 1.82) is 0 Å². The third kappa shape index (κ3) is 2.63. The van der Waals surface area contributed by atoms with E-state index in [0.717, 1.165) is 0 Å². The molecule has 1 N–H and O–H groups in total. The van der Waals surface area contributed by atoms with Crippen LogP contribution < -0.4 is 5.32 Å². The van der Waals surface area contributed by atoms with Gasteiger partial charge in [0.1, 0.15) is 11.4 Å². The maximum absolute atomic E-state index is 13.9. The van der Waals surface area contributed by atoms with Gasteiger partial charge in [-0.2, -0.15) is 0 Å². The van der Waals surface area contributed by atoms with Gasteiger partial charge in [-0.15, -0.1) is 0 Å². The van der Waals surface area contributed by atoms with Gasteiger partial charge in [0.15, 0.2) is 0 Å². The molecule has 0 saturated carbocycles. The van der Waals surface area contributed by atoms with Crippen LogP contribution in [0.15, 0.2) is 18.2 Å². The Morgan fingerprint density at radius 3 is 2.80 bits per heavy atom. The van der Waals surface area contributed by atoms with Crippen LogP contribution in [0.4, 0.5) is 4.39 Å². The van der Waals surface area contributed by atoms with Crippen molar-refractivity contribution < 1.29 is 14.0 Å². The fourth-order valence-corrected chi connectivity index (χ4v) is 2.43. The van der Waals surface area contributed by atoms with Crippen molar-refractivity contribution in [2.45, 2.75) is 32.4 Å². The molecule has 1 aliphatic rings. The number of amides is 2. The fraction of sp³-hybridized carbons (Fsp3) is 0.429. The summed E-state index contributed by atoms with van der Waals surface area (Å²) in [5, 5.41) is 2.69. The van der Waals surface area contributed by atoms with E-state index in [1.54, 1.807) is 19.1 Å². The molecule has 1 fully saturated rings. The van der Waals surface area contributed by atoms with E-state index >= 15 is 0 Å². The molecule has 6 heteroatoms. The molecule has 0 aromatic heterocycles. The van der Waals surface area contributed by atoms with Crippen LogP contribution in [-0.4, -0.2) is 28.8 Å². The summed E-state index contributed by atoms with van der Waals surface area (Å²) < 4.78 is 13.9. The predicted molar refractivity (Wildman–Crippen MR) is 73.7 cm³/mol. The Hall–Kier alpha value is -1.62. The minimum Gasteiger partial charge on any atom is -0.340 e. The van der Waals surface area contributed by atoms with E-state index in [2.05, 4.69) is 5.32 Å². The molecule has 4 nitrogen and oxygen atoms in total. The topological polar surface area (TPSA) is 49.4 Å². The van der Waals surface area contributed by atoms with Gasteiger partial charge in [-0.3, -0.25) is 9.59 Å². The number of piperazine rings is 1. The quantitative estimate of drug-likeness (QED) is 0.929. The summed E-state index contributed by atoms with van der Waals surface area (Å²) in [7, 11) is 0. The molecule has 1 heterocycles. The van der Waals surface area contributed by atoms with Crippen molar-refractivity contribution in [2.75, 3.05) is 6.54 Å².